The van der Waals surface area contributed by atoms with Crippen LogP contribution in [0.3, 0.4) is 0 Å². The number of phenols is 1. The fourth-order valence-electron chi connectivity index (χ4n) is 3.66. The Labute approximate surface area is 188 Å². The van der Waals surface area contributed by atoms with Crippen molar-refractivity contribution in [2.75, 3.05) is 0 Å². The summed E-state index contributed by atoms with van der Waals surface area (Å²) in [6.07, 6.45) is 1.22. The van der Waals surface area contributed by atoms with Crippen LogP contribution >= 0.6 is 0 Å². The summed E-state index contributed by atoms with van der Waals surface area (Å²) in [7, 11) is 0. The van der Waals surface area contributed by atoms with Gasteiger partial charge in [0.25, 0.3) is 0 Å². The summed E-state index contributed by atoms with van der Waals surface area (Å²) in [5.74, 6) is 0.172. The van der Waals surface area contributed by atoms with Gasteiger partial charge in [0, 0.05) is 39.3 Å². The van der Waals surface area contributed by atoms with Gasteiger partial charge in [-0.05, 0) is 66.6 Å². The number of aromatic hydroxyl groups is 1. The van der Waals surface area contributed by atoms with Crippen molar-refractivity contribution in [1.82, 2.24) is 4.90 Å². The average molecular weight is 441 g/mol. The second-order valence-electron chi connectivity index (χ2n) is 6.96. The van der Waals surface area contributed by atoms with Gasteiger partial charge in [0.15, 0.2) is 0 Å². The molecule has 0 saturated carbocycles. The van der Waals surface area contributed by atoms with Crippen LogP contribution in [0.2, 0.25) is 0 Å². The Morgan fingerprint density at radius 2 is 1.81 bits per heavy atom. The van der Waals surface area contributed by atoms with Gasteiger partial charge in [-0.3, -0.25) is 4.79 Å². The smallest absolute Gasteiger partial charge is 0.237 e. The second kappa shape index (κ2) is 9.81. The van der Waals surface area contributed by atoms with Crippen LogP contribution in [0.5, 0.6) is 5.75 Å². The minimum atomic E-state index is -0.614. The molecule has 2 atom stereocenters. The molecule has 0 spiro atoms. The molecule has 0 saturated heterocycles. The summed E-state index contributed by atoms with van der Waals surface area (Å²) < 4.78 is 0. The third-order valence-electron chi connectivity index (χ3n) is 5.06. The molecule has 1 heterocycles. The topological polar surface area (TPSA) is 66.6 Å². The Hall–Kier alpha value is -1.23. The summed E-state index contributed by atoms with van der Waals surface area (Å²) in [5, 5.41) is 9.68. The van der Waals surface area contributed by atoms with E-state index >= 15 is 0 Å². The number of carbonyl (C=O) groups is 1. The van der Waals surface area contributed by atoms with E-state index in [0.717, 1.165) is 23.1 Å². The predicted molar refractivity (Wildman–Crippen MR) is 106 cm³/mol. The SMILES string of the molecule is [CH2-]C1Cc2ccccc2CN1C(=O)C(N)Cc1c(C)cc(O)cc1C.[CH3-].[Y]. The van der Waals surface area contributed by atoms with Crippen LogP contribution in [0.4, 0.5) is 0 Å². The van der Waals surface area contributed by atoms with Gasteiger partial charge < -0.3 is 30.1 Å². The Bertz CT molecular complexity index is 784. The van der Waals surface area contributed by atoms with E-state index in [1.807, 2.05) is 26.0 Å². The Balaban J connectivity index is 0.00000182. The second-order valence-corrected chi connectivity index (χ2v) is 6.96. The van der Waals surface area contributed by atoms with Crippen LogP contribution in [0, 0.1) is 28.2 Å². The first-order chi connectivity index (χ1) is 11.9. The molecule has 4 nitrogen and oxygen atoms in total. The van der Waals surface area contributed by atoms with Gasteiger partial charge in [0.1, 0.15) is 5.75 Å². The van der Waals surface area contributed by atoms with Crippen LogP contribution in [0.1, 0.15) is 27.8 Å². The molecule has 143 valence electrons. The standard InChI is InChI=1S/C21H25N2O2.CH3.Y/c1-13-8-18(24)9-14(2)19(13)11-20(22)21(25)23-12-17-7-5-4-6-16(17)10-15(23)3;;/h4-9,15,20,24H,3,10-12,22H2,1-2H3;1H3;/q2*-1;. The van der Waals surface area contributed by atoms with Crippen molar-refractivity contribution < 1.29 is 42.6 Å². The molecule has 2 aromatic rings. The molecule has 0 aliphatic carbocycles. The third-order valence-corrected chi connectivity index (χ3v) is 5.06. The van der Waals surface area contributed by atoms with Gasteiger partial charge in [-0.15, -0.1) is 0 Å². The van der Waals surface area contributed by atoms with E-state index in [4.69, 9.17) is 5.73 Å². The van der Waals surface area contributed by atoms with Crippen molar-refractivity contribution in [3.63, 3.8) is 0 Å². The quantitative estimate of drug-likeness (QED) is 0.720. The maximum absolute atomic E-state index is 12.9. The molecule has 2 aromatic carbocycles. The Morgan fingerprint density at radius 1 is 1.26 bits per heavy atom. The molecular formula is C22H28N2O2Y-2. The van der Waals surface area contributed by atoms with E-state index in [1.54, 1.807) is 17.0 Å². The van der Waals surface area contributed by atoms with E-state index in [2.05, 4.69) is 19.1 Å². The zero-order valence-corrected chi connectivity index (χ0v) is 19.2. The normalized spacial score (nSPS) is 16.6. The fraction of sp³-hybridized carbons (Fsp3) is 0.318. The first-order valence-corrected chi connectivity index (χ1v) is 8.62. The largest absolute Gasteiger partial charge is 0.508 e. The summed E-state index contributed by atoms with van der Waals surface area (Å²) in [4.78, 5) is 14.7. The molecule has 3 rings (SSSR count). The molecule has 0 bridgehead atoms. The van der Waals surface area contributed by atoms with Gasteiger partial charge >= 0.3 is 0 Å². The zero-order chi connectivity index (χ0) is 18.1. The summed E-state index contributed by atoms with van der Waals surface area (Å²) >= 11 is 0. The van der Waals surface area contributed by atoms with Gasteiger partial charge in [-0.1, -0.05) is 30.3 Å². The molecule has 2 unspecified atom stereocenters. The van der Waals surface area contributed by atoms with Crippen LogP contribution in [-0.4, -0.2) is 28.0 Å². The summed E-state index contributed by atoms with van der Waals surface area (Å²) in [5.41, 5.74) is 11.6. The van der Waals surface area contributed by atoms with Crippen molar-refractivity contribution in [3.05, 3.63) is 78.6 Å². The molecule has 1 amide bonds. The first-order valence-electron chi connectivity index (χ1n) is 8.62. The van der Waals surface area contributed by atoms with Gasteiger partial charge in [-0.2, -0.15) is 0 Å². The van der Waals surface area contributed by atoms with Gasteiger partial charge in [0.05, 0.1) is 6.04 Å². The number of rotatable bonds is 3. The fourth-order valence-corrected chi connectivity index (χ4v) is 3.66. The number of aryl methyl sites for hydroxylation is 2. The third kappa shape index (κ3) is 5.19. The van der Waals surface area contributed by atoms with Crippen molar-refractivity contribution in [3.8, 4) is 5.75 Å². The van der Waals surface area contributed by atoms with Crippen LogP contribution in [0.15, 0.2) is 36.4 Å². The van der Waals surface area contributed by atoms with Gasteiger partial charge in [0.2, 0.25) is 5.91 Å². The first kappa shape index (κ1) is 23.8. The molecule has 0 fully saturated rings. The minimum absolute atomic E-state index is 0. The molecule has 0 aromatic heterocycles. The van der Waals surface area contributed by atoms with Crippen molar-refractivity contribution in [2.45, 2.75) is 45.3 Å². The van der Waals surface area contributed by atoms with Crippen LogP contribution in [-0.2, 0) is 56.9 Å². The minimum Gasteiger partial charge on any atom is -0.508 e. The number of amides is 1. The molecule has 3 N–H and O–H groups in total. The van der Waals surface area contributed by atoms with Crippen molar-refractivity contribution in [1.29, 1.82) is 0 Å². The summed E-state index contributed by atoms with van der Waals surface area (Å²) in [6.45, 7) is 8.57. The van der Waals surface area contributed by atoms with E-state index in [-0.39, 0.29) is 57.8 Å². The van der Waals surface area contributed by atoms with Crippen molar-refractivity contribution in [2.24, 2.45) is 5.73 Å². The molecule has 1 radical (unpaired) electrons. The van der Waals surface area contributed by atoms with E-state index in [0.29, 0.717) is 13.0 Å². The summed E-state index contributed by atoms with van der Waals surface area (Å²) in [6, 6.07) is 10.9. The van der Waals surface area contributed by atoms with E-state index in [9.17, 15) is 9.90 Å². The van der Waals surface area contributed by atoms with E-state index in [1.165, 1.54) is 11.1 Å². The monoisotopic (exact) mass is 441 g/mol. The zero-order valence-electron chi connectivity index (χ0n) is 16.4. The maximum Gasteiger partial charge on any atom is 0.237 e. The van der Waals surface area contributed by atoms with Crippen LogP contribution < -0.4 is 5.73 Å². The Kier molecular flexibility index (Phi) is 8.65. The number of nitrogens with two attached hydrogens (primary N) is 1. The van der Waals surface area contributed by atoms with E-state index < -0.39 is 6.04 Å². The molecule has 27 heavy (non-hydrogen) atoms. The van der Waals surface area contributed by atoms with Gasteiger partial charge in [-0.25, -0.2) is 0 Å². The number of carbonyl (C=O) groups excluding carboxylic acids is 1. The molecule has 1 aliphatic heterocycles. The number of fused-ring (bicyclic) bond motifs is 1. The van der Waals surface area contributed by atoms with Crippen LogP contribution in [0.25, 0.3) is 0 Å². The number of hydrogen-bond donors (Lipinski definition) is 2. The van der Waals surface area contributed by atoms with Crippen molar-refractivity contribution >= 4 is 5.91 Å². The number of hydrogen-bond acceptors (Lipinski definition) is 3. The number of phenolic OH excluding ortho intramolecular Hbond substituents is 1. The predicted octanol–water partition coefficient (Wildman–Crippen LogP) is 3.11. The number of benzene rings is 2. The molecule has 5 heteroatoms. The average Bonchev–Trinajstić information content (AvgIpc) is 2.56. The molecular weight excluding hydrogens is 413 g/mol. The number of nitrogens with zero attached hydrogens (tertiary/aromatic N) is 1. The maximum atomic E-state index is 12.9. The Morgan fingerprint density at radius 3 is 2.41 bits per heavy atom. The molecule has 1 aliphatic rings.